The van der Waals surface area contributed by atoms with Crippen LogP contribution in [0.3, 0.4) is 0 Å². The zero-order valence-corrected chi connectivity index (χ0v) is 8.25. The monoisotopic (exact) mass is 187 g/mol. The van der Waals surface area contributed by atoms with Crippen molar-refractivity contribution in [2.24, 2.45) is 9.98 Å². The number of amidine groups is 1. The van der Waals surface area contributed by atoms with Crippen LogP contribution in [0.4, 0.5) is 0 Å². The van der Waals surface area contributed by atoms with E-state index in [-0.39, 0.29) is 0 Å². The summed E-state index contributed by atoms with van der Waals surface area (Å²) in [4.78, 5) is 11.2. The lowest BCUT2D eigenvalue weighted by Crippen LogP contribution is -1.97. The van der Waals surface area contributed by atoms with E-state index in [1.807, 2.05) is 0 Å². The molecule has 2 rings (SSSR count). The first-order valence-corrected chi connectivity index (χ1v) is 4.67. The van der Waals surface area contributed by atoms with Crippen LogP contribution in [-0.4, -0.2) is 24.6 Å². The zero-order valence-electron chi connectivity index (χ0n) is 8.25. The Morgan fingerprint density at radius 1 is 1.57 bits per heavy atom. The largest absolute Gasteiger partial charge is 0.355 e. The van der Waals surface area contributed by atoms with Crippen molar-refractivity contribution in [2.45, 2.75) is 12.8 Å². The fraction of sp³-hybridized carbons (Fsp3) is 0.273. The molecular weight excluding hydrogens is 174 g/mol. The number of aryl methyl sites for hydroxylation is 1. The third kappa shape index (κ3) is 1.41. The molecule has 1 aliphatic carbocycles. The number of allylic oxidation sites excluding steroid dienone is 1. The Hall–Kier alpha value is -1.64. The molecule has 0 aliphatic heterocycles. The Labute approximate surface area is 83.3 Å². The number of aromatic nitrogens is 1. The Bertz CT molecular complexity index is 410. The Balaban J connectivity index is 2.42. The summed E-state index contributed by atoms with van der Waals surface area (Å²) in [5, 5.41) is 0. The smallest absolute Gasteiger partial charge is 0.170 e. The van der Waals surface area contributed by atoms with Crippen LogP contribution < -0.4 is 0 Å². The molecule has 0 radical (unpaired) electrons. The van der Waals surface area contributed by atoms with Crippen LogP contribution in [0.2, 0.25) is 0 Å². The lowest BCUT2D eigenvalue weighted by Gasteiger charge is -2.02. The van der Waals surface area contributed by atoms with Crippen molar-refractivity contribution in [1.82, 2.24) is 4.98 Å². The highest BCUT2D eigenvalue weighted by molar-refractivity contribution is 6.00. The highest BCUT2D eigenvalue weighted by atomic mass is 14.9. The van der Waals surface area contributed by atoms with E-state index < -0.39 is 0 Å². The molecule has 1 aliphatic rings. The van der Waals surface area contributed by atoms with Gasteiger partial charge in [-0.3, -0.25) is 4.99 Å². The highest BCUT2D eigenvalue weighted by Crippen LogP contribution is 2.20. The molecule has 1 heterocycles. The van der Waals surface area contributed by atoms with E-state index in [9.17, 15) is 0 Å². The fourth-order valence-electron chi connectivity index (χ4n) is 1.70. The van der Waals surface area contributed by atoms with Gasteiger partial charge in [0.25, 0.3) is 0 Å². The number of rotatable bonds is 1. The van der Waals surface area contributed by atoms with Gasteiger partial charge in [-0.25, -0.2) is 4.99 Å². The third-order valence-corrected chi connectivity index (χ3v) is 2.39. The van der Waals surface area contributed by atoms with Gasteiger partial charge in [-0.15, -0.1) is 0 Å². The second-order valence-electron chi connectivity index (χ2n) is 3.26. The maximum atomic E-state index is 4.05. The molecular formula is C11H13N3. The van der Waals surface area contributed by atoms with Crippen LogP contribution in [0.25, 0.3) is 6.08 Å². The standard InChI is InChI=1S/C11H13N3/c1-12-11(13-2)10-7-8-5-3-4-6-9(8)14-10/h3,5,7,14H,1,4,6H2,2H3. The van der Waals surface area contributed by atoms with Crippen molar-refractivity contribution in [3.63, 3.8) is 0 Å². The van der Waals surface area contributed by atoms with E-state index in [0.29, 0.717) is 5.84 Å². The molecule has 0 bridgehead atoms. The summed E-state index contributed by atoms with van der Waals surface area (Å²) in [7, 11) is 1.72. The molecule has 1 aromatic heterocycles. The molecule has 0 spiro atoms. The predicted molar refractivity (Wildman–Crippen MR) is 60.2 cm³/mol. The highest BCUT2D eigenvalue weighted by Gasteiger charge is 2.10. The van der Waals surface area contributed by atoms with Gasteiger partial charge in [-0.05, 0) is 31.2 Å². The van der Waals surface area contributed by atoms with Crippen molar-refractivity contribution in [3.05, 3.63) is 29.1 Å². The van der Waals surface area contributed by atoms with Gasteiger partial charge in [-0.1, -0.05) is 12.2 Å². The minimum atomic E-state index is 0.674. The summed E-state index contributed by atoms with van der Waals surface area (Å²) in [5.41, 5.74) is 3.47. The topological polar surface area (TPSA) is 40.5 Å². The first-order valence-electron chi connectivity index (χ1n) is 4.67. The number of nitrogens with zero attached hydrogens (tertiary/aromatic N) is 2. The number of aliphatic imine (C=N–C) groups is 2. The molecule has 1 aromatic rings. The molecule has 0 saturated carbocycles. The molecule has 0 saturated heterocycles. The van der Waals surface area contributed by atoms with Crippen LogP contribution >= 0.6 is 0 Å². The van der Waals surface area contributed by atoms with Gasteiger partial charge < -0.3 is 4.98 Å². The Morgan fingerprint density at radius 2 is 2.43 bits per heavy atom. The SMILES string of the molecule is C=NC(=NC)c1cc2c([nH]1)CCC=C2. The average Bonchev–Trinajstić information content (AvgIpc) is 2.63. The van der Waals surface area contributed by atoms with Gasteiger partial charge in [0, 0.05) is 12.7 Å². The van der Waals surface area contributed by atoms with Crippen molar-refractivity contribution in [3.8, 4) is 0 Å². The molecule has 3 heteroatoms. The summed E-state index contributed by atoms with van der Waals surface area (Å²) >= 11 is 0. The number of nitrogens with one attached hydrogen (secondary N) is 1. The molecule has 72 valence electrons. The number of aromatic amines is 1. The first kappa shape index (κ1) is 8.94. The number of H-pyrrole nitrogens is 1. The molecule has 0 unspecified atom stereocenters. The lowest BCUT2D eigenvalue weighted by molar-refractivity contribution is 0.943. The Kier molecular flexibility index (Phi) is 2.31. The second kappa shape index (κ2) is 3.62. The van der Waals surface area contributed by atoms with Crippen molar-refractivity contribution in [1.29, 1.82) is 0 Å². The predicted octanol–water partition coefficient (Wildman–Crippen LogP) is 2.05. The molecule has 0 amide bonds. The van der Waals surface area contributed by atoms with E-state index in [0.717, 1.165) is 18.5 Å². The fourth-order valence-corrected chi connectivity index (χ4v) is 1.70. The average molecular weight is 187 g/mol. The van der Waals surface area contributed by atoms with Crippen LogP contribution in [0.1, 0.15) is 23.4 Å². The van der Waals surface area contributed by atoms with Crippen molar-refractivity contribution >= 4 is 18.6 Å². The zero-order chi connectivity index (χ0) is 9.97. The van der Waals surface area contributed by atoms with E-state index in [2.05, 4.69) is 39.9 Å². The Morgan fingerprint density at radius 3 is 3.07 bits per heavy atom. The minimum absolute atomic E-state index is 0.674. The number of fused-ring (bicyclic) bond motifs is 1. The molecule has 14 heavy (non-hydrogen) atoms. The minimum Gasteiger partial charge on any atom is -0.355 e. The van der Waals surface area contributed by atoms with E-state index in [1.54, 1.807) is 7.05 Å². The van der Waals surface area contributed by atoms with E-state index >= 15 is 0 Å². The van der Waals surface area contributed by atoms with Gasteiger partial charge in [0.05, 0.1) is 5.69 Å². The van der Waals surface area contributed by atoms with E-state index in [1.165, 1.54) is 11.3 Å². The van der Waals surface area contributed by atoms with Crippen LogP contribution in [0.15, 0.2) is 22.1 Å². The van der Waals surface area contributed by atoms with Crippen LogP contribution in [-0.2, 0) is 6.42 Å². The van der Waals surface area contributed by atoms with Gasteiger partial charge >= 0.3 is 0 Å². The summed E-state index contributed by atoms with van der Waals surface area (Å²) in [6, 6.07) is 2.07. The molecule has 0 atom stereocenters. The van der Waals surface area contributed by atoms with Crippen molar-refractivity contribution in [2.75, 3.05) is 7.05 Å². The summed E-state index contributed by atoms with van der Waals surface area (Å²) in [5.74, 6) is 0.674. The maximum Gasteiger partial charge on any atom is 0.170 e. The van der Waals surface area contributed by atoms with Crippen molar-refractivity contribution < 1.29 is 0 Å². The second-order valence-corrected chi connectivity index (χ2v) is 3.26. The molecule has 1 N–H and O–H groups in total. The summed E-state index contributed by atoms with van der Waals surface area (Å²) in [6.45, 7) is 3.50. The van der Waals surface area contributed by atoms with Gasteiger partial charge in [0.15, 0.2) is 5.84 Å². The van der Waals surface area contributed by atoms with E-state index in [4.69, 9.17) is 0 Å². The first-order chi connectivity index (χ1) is 6.85. The normalized spacial score (nSPS) is 15.4. The lowest BCUT2D eigenvalue weighted by atomic mass is 10.1. The summed E-state index contributed by atoms with van der Waals surface area (Å²) < 4.78 is 0. The quantitative estimate of drug-likeness (QED) is 0.516. The maximum absolute atomic E-state index is 4.05. The third-order valence-electron chi connectivity index (χ3n) is 2.39. The van der Waals surface area contributed by atoms with Gasteiger partial charge in [0.2, 0.25) is 0 Å². The van der Waals surface area contributed by atoms with Gasteiger partial charge in [0.1, 0.15) is 0 Å². The summed E-state index contributed by atoms with van der Waals surface area (Å²) in [6.07, 6.45) is 6.49. The van der Waals surface area contributed by atoms with Crippen LogP contribution in [0, 0.1) is 0 Å². The number of hydrogen-bond donors (Lipinski definition) is 1. The van der Waals surface area contributed by atoms with Gasteiger partial charge in [-0.2, -0.15) is 0 Å². The number of hydrogen-bond acceptors (Lipinski definition) is 1. The van der Waals surface area contributed by atoms with Crippen LogP contribution in [0.5, 0.6) is 0 Å². The molecule has 0 fully saturated rings. The molecule has 3 nitrogen and oxygen atoms in total. The molecule has 0 aromatic carbocycles.